The van der Waals surface area contributed by atoms with E-state index in [1.807, 2.05) is 0 Å². The molecule has 0 radical (unpaired) electrons. The summed E-state index contributed by atoms with van der Waals surface area (Å²) in [5.41, 5.74) is 5.90. The predicted molar refractivity (Wildman–Crippen MR) is 75.3 cm³/mol. The largest absolute Gasteiger partial charge is 0.490 e. The highest BCUT2D eigenvalue weighted by molar-refractivity contribution is 5.63. The van der Waals surface area contributed by atoms with Crippen LogP contribution in [0.4, 0.5) is 11.6 Å². The van der Waals surface area contributed by atoms with E-state index < -0.39 is 0 Å². The molecule has 1 aliphatic carbocycles. The zero-order chi connectivity index (χ0) is 13.2. The van der Waals surface area contributed by atoms with Gasteiger partial charge in [-0.1, -0.05) is 12.8 Å². The molecule has 5 nitrogen and oxygen atoms in total. The van der Waals surface area contributed by atoms with E-state index in [2.05, 4.69) is 14.9 Å². The van der Waals surface area contributed by atoms with Crippen LogP contribution in [0, 0.1) is 5.92 Å². The maximum Gasteiger partial charge on any atom is 0.204 e. The monoisotopic (exact) mass is 262 g/mol. The molecule has 2 aliphatic rings. The Morgan fingerprint density at radius 3 is 2.74 bits per heavy atom. The number of aromatic nitrogens is 2. The van der Waals surface area contributed by atoms with E-state index in [9.17, 15) is 0 Å². The van der Waals surface area contributed by atoms with Gasteiger partial charge in [0.2, 0.25) is 5.75 Å². The van der Waals surface area contributed by atoms with Crippen LogP contribution in [0.25, 0.3) is 0 Å². The molecule has 3 rings (SSSR count). The third-order valence-corrected chi connectivity index (χ3v) is 4.53. The van der Waals surface area contributed by atoms with Crippen LogP contribution in [0.2, 0.25) is 0 Å². The first-order chi connectivity index (χ1) is 9.31. The Kier molecular flexibility index (Phi) is 3.44. The molecule has 0 amide bonds. The van der Waals surface area contributed by atoms with Gasteiger partial charge in [0.15, 0.2) is 11.6 Å². The highest BCUT2D eigenvalue weighted by Crippen LogP contribution is 2.40. The SMILES string of the molecule is COc1c(N)ncnc1N1CCCC1C1CCCC1. The molecule has 5 heteroatoms. The van der Waals surface area contributed by atoms with Crippen LogP contribution < -0.4 is 15.4 Å². The smallest absolute Gasteiger partial charge is 0.204 e. The Morgan fingerprint density at radius 2 is 2.00 bits per heavy atom. The molecule has 0 spiro atoms. The average Bonchev–Trinajstić information content (AvgIpc) is 3.09. The fourth-order valence-electron chi connectivity index (χ4n) is 3.67. The predicted octanol–water partition coefficient (Wildman–Crippen LogP) is 2.23. The lowest BCUT2D eigenvalue weighted by molar-refractivity contribution is 0.400. The topological polar surface area (TPSA) is 64.3 Å². The lowest BCUT2D eigenvalue weighted by Gasteiger charge is -2.31. The van der Waals surface area contributed by atoms with Crippen LogP contribution in [-0.4, -0.2) is 29.7 Å². The van der Waals surface area contributed by atoms with Crippen LogP contribution in [0.5, 0.6) is 5.75 Å². The Morgan fingerprint density at radius 1 is 1.21 bits per heavy atom. The second-order valence-electron chi connectivity index (χ2n) is 5.56. The van der Waals surface area contributed by atoms with Gasteiger partial charge in [0, 0.05) is 12.6 Å². The van der Waals surface area contributed by atoms with Crippen molar-refractivity contribution in [3.63, 3.8) is 0 Å². The Bertz CT molecular complexity index is 445. The summed E-state index contributed by atoms with van der Waals surface area (Å²) in [5, 5.41) is 0. The first kappa shape index (κ1) is 12.5. The minimum atomic E-state index is 0.435. The van der Waals surface area contributed by atoms with E-state index in [0.29, 0.717) is 17.6 Å². The molecule has 1 saturated carbocycles. The molecule has 2 fully saturated rings. The molecule has 2 N–H and O–H groups in total. The fourth-order valence-corrected chi connectivity index (χ4v) is 3.67. The van der Waals surface area contributed by atoms with Crippen molar-refractivity contribution < 1.29 is 4.74 Å². The van der Waals surface area contributed by atoms with E-state index >= 15 is 0 Å². The number of nitrogens with zero attached hydrogens (tertiary/aromatic N) is 3. The normalized spacial score (nSPS) is 24.1. The highest BCUT2D eigenvalue weighted by atomic mass is 16.5. The summed E-state index contributed by atoms with van der Waals surface area (Å²) < 4.78 is 5.41. The molecule has 1 atom stereocenters. The van der Waals surface area contributed by atoms with E-state index in [1.54, 1.807) is 7.11 Å². The number of ether oxygens (including phenoxy) is 1. The number of rotatable bonds is 3. The minimum Gasteiger partial charge on any atom is -0.490 e. The Labute approximate surface area is 114 Å². The number of methoxy groups -OCH3 is 1. The van der Waals surface area contributed by atoms with Gasteiger partial charge in [0.1, 0.15) is 6.33 Å². The third-order valence-electron chi connectivity index (χ3n) is 4.53. The van der Waals surface area contributed by atoms with E-state index in [0.717, 1.165) is 18.3 Å². The fraction of sp³-hybridized carbons (Fsp3) is 0.714. The summed E-state index contributed by atoms with van der Waals surface area (Å²) in [7, 11) is 1.64. The average molecular weight is 262 g/mol. The third kappa shape index (κ3) is 2.22. The second kappa shape index (κ2) is 5.23. The van der Waals surface area contributed by atoms with Crippen molar-refractivity contribution in [2.75, 3.05) is 24.3 Å². The van der Waals surface area contributed by atoms with Gasteiger partial charge in [0.25, 0.3) is 0 Å². The molecule has 2 heterocycles. The summed E-state index contributed by atoms with van der Waals surface area (Å²) in [6.45, 7) is 1.05. The van der Waals surface area contributed by atoms with Gasteiger partial charge >= 0.3 is 0 Å². The summed E-state index contributed by atoms with van der Waals surface area (Å²) in [6, 6.07) is 0.602. The van der Waals surface area contributed by atoms with Gasteiger partial charge in [-0.05, 0) is 31.6 Å². The van der Waals surface area contributed by atoms with E-state index in [1.165, 1.54) is 44.9 Å². The lowest BCUT2D eigenvalue weighted by Crippen LogP contribution is -2.35. The number of hydrogen-bond donors (Lipinski definition) is 1. The van der Waals surface area contributed by atoms with Crippen molar-refractivity contribution in [3.05, 3.63) is 6.33 Å². The van der Waals surface area contributed by atoms with Gasteiger partial charge in [-0.2, -0.15) is 0 Å². The van der Waals surface area contributed by atoms with Gasteiger partial charge in [0.05, 0.1) is 7.11 Å². The van der Waals surface area contributed by atoms with Crippen LogP contribution in [0.1, 0.15) is 38.5 Å². The number of hydrogen-bond acceptors (Lipinski definition) is 5. The Balaban J connectivity index is 1.89. The zero-order valence-corrected chi connectivity index (χ0v) is 11.5. The van der Waals surface area contributed by atoms with Crippen molar-refractivity contribution in [1.29, 1.82) is 0 Å². The van der Waals surface area contributed by atoms with Crippen molar-refractivity contribution in [1.82, 2.24) is 9.97 Å². The molecular weight excluding hydrogens is 240 g/mol. The molecule has 1 unspecified atom stereocenters. The number of nitrogen functional groups attached to an aromatic ring is 1. The van der Waals surface area contributed by atoms with Crippen LogP contribution in [-0.2, 0) is 0 Å². The van der Waals surface area contributed by atoms with Gasteiger partial charge in [-0.3, -0.25) is 0 Å². The van der Waals surface area contributed by atoms with Gasteiger partial charge in [-0.15, -0.1) is 0 Å². The van der Waals surface area contributed by atoms with Gasteiger partial charge < -0.3 is 15.4 Å². The maximum atomic E-state index is 5.90. The second-order valence-corrected chi connectivity index (χ2v) is 5.56. The zero-order valence-electron chi connectivity index (χ0n) is 11.5. The minimum absolute atomic E-state index is 0.435. The molecule has 1 aromatic rings. The lowest BCUT2D eigenvalue weighted by atomic mass is 9.96. The molecular formula is C14H22N4O. The van der Waals surface area contributed by atoms with Crippen LogP contribution in [0.15, 0.2) is 6.33 Å². The first-order valence-electron chi connectivity index (χ1n) is 7.22. The van der Waals surface area contributed by atoms with Crippen LogP contribution >= 0.6 is 0 Å². The molecule has 1 aliphatic heterocycles. The Hall–Kier alpha value is -1.52. The summed E-state index contributed by atoms with van der Waals surface area (Å²) in [4.78, 5) is 10.8. The molecule has 19 heavy (non-hydrogen) atoms. The van der Waals surface area contributed by atoms with Crippen molar-refractivity contribution >= 4 is 11.6 Å². The summed E-state index contributed by atoms with van der Waals surface area (Å²) >= 11 is 0. The molecule has 104 valence electrons. The summed E-state index contributed by atoms with van der Waals surface area (Å²) in [6.07, 6.45) is 9.48. The van der Waals surface area contributed by atoms with Crippen molar-refractivity contribution in [2.24, 2.45) is 5.92 Å². The maximum absolute atomic E-state index is 5.90. The van der Waals surface area contributed by atoms with Crippen molar-refractivity contribution in [2.45, 2.75) is 44.6 Å². The molecule has 1 saturated heterocycles. The van der Waals surface area contributed by atoms with E-state index in [4.69, 9.17) is 10.5 Å². The standard InChI is InChI=1S/C14H22N4O/c1-19-12-13(15)16-9-17-14(12)18-8-4-7-11(18)10-5-2-3-6-10/h9-11H,2-8H2,1H3,(H2,15,16,17). The summed E-state index contributed by atoms with van der Waals surface area (Å²) in [5.74, 6) is 2.75. The van der Waals surface area contributed by atoms with Gasteiger partial charge in [-0.25, -0.2) is 9.97 Å². The number of nitrogens with two attached hydrogens (primary N) is 1. The first-order valence-corrected chi connectivity index (χ1v) is 7.22. The molecule has 1 aromatic heterocycles. The molecule has 0 aromatic carbocycles. The van der Waals surface area contributed by atoms with Crippen molar-refractivity contribution in [3.8, 4) is 5.75 Å². The molecule has 0 bridgehead atoms. The highest BCUT2D eigenvalue weighted by Gasteiger charge is 2.35. The van der Waals surface area contributed by atoms with Crippen LogP contribution in [0.3, 0.4) is 0 Å². The quantitative estimate of drug-likeness (QED) is 0.905. The number of anilines is 2. The van der Waals surface area contributed by atoms with E-state index in [-0.39, 0.29) is 0 Å².